The number of nitrogens with one attached hydrogen (secondary N) is 3. The second-order valence-electron chi connectivity index (χ2n) is 10.1. The Kier molecular flexibility index (Phi) is 13.1. The maximum Gasteiger partial charge on any atom is 0.312 e. The normalized spacial score (nSPS) is 17.3. The smallest absolute Gasteiger partial charge is 0.312 e. The first-order valence-corrected chi connectivity index (χ1v) is 12.9. The molecule has 0 radical (unpaired) electrons. The fraction of sp³-hybridized carbons (Fsp3) is 0.760. The van der Waals surface area contributed by atoms with Crippen LogP contribution in [0.15, 0.2) is 0 Å². The Hall–Kier alpha value is -2.98. The third-order valence-corrected chi connectivity index (χ3v) is 6.22. The van der Waals surface area contributed by atoms with Crippen LogP contribution in [0, 0.1) is 17.8 Å². The van der Waals surface area contributed by atoms with E-state index in [0.29, 0.717) is 38.6 Å². The summed E-state index contributed by atoms with van der Waals surface area (Å²) in [4.78, 5) is 74.0. The topological polar surface area (TPSA) is 168 Å². The molecule has 1 aliphatic rings. The molecule has 0 saturated carbocycles. The van der Waals surface area contributed by atoms with Gasteiger partial charge in [0.2, 0.25) is 23.6 Å². The van der Waals surface area contributed by atoms with Crippen molar-refractivity contribution in [2.45, 2.75) is 91.6 Å². The van der Waals surface area contributed by atoms with E-state index in [1.54, 1.807) is 20.8 Å². The first-order valence-electron chi connectivity index (χ1n) is 12.9. The molecular formula is C25H43N5O6. The van der Waals surface area contributed by atoms with Gasteiger partial charge in [-0.05, 0) is 31.6 Å². The van der Waals surface area contributed by atoms with Crippen molar-refractivity contribution in [1.82, 2.24) is 20.9 Å². The fourth-order valence-electron chi connectivity index (χ4n) is 4.06. The van der Waals surface area contributed by atoms with Crippen molar-refractivity contribution in [3.63, 3.8) is 0 Å². The van der Waals surface area contributed by atoms with Crippen molar-refractivity contribution in [1.29, 1.82) is 0 Å². The quantitative estimate of drug-likeness (QED) is 0.180. The van der Waals surface area contributed by atoms with Crippen LogP contribution in [-0.4, -0.2) is 65.5 Å². The Morgan fingerprint density at radius 2 is 1.67 bits per heavy atom. The Morgan fingerprint density at radius 3 is 2.19 bits per heavy atom. The van der Waals surface area contributed by atoms with Crippen LogP contribution in [0.5, 0.6) is 0 Å². The average Bonchev–Trinajstić information content (AvgIpc) is 3.03. The fourth-order valence-corrected chi connectivity index (χ4v) is 4.06. The van der Waals surface area contributed by atoms with Crippen molar-refractivity contribution in [3.05, 3.63) is 0 Å². The lowest BCUT2D eigenvalue weighted by molar-refractivity contribution is -0.139. The Balaban J connectivity index is 2.54. The van der Waals surface area contributed by atoms with Crippen LogP contribution in [0.3, 0.4) is 0 Å². The number of hydrogen-bond acceptors (Lipinski definition) is 6. The summed E-state index contributed by atoms with van der Waals surface area (Å²) in [6.45, 7) is 9.52. The minimum atomic E-state index is -0.801. The SMILES string of the molecule is CC(C)C(=O)C(CCCNC(N)=O)NC(=O)C(NC(=O)CCCCCN1C(=O)CC(C)C1=O)C(C)C. The number of carbonyl (C=O) groups excluding carboxylic acids is 6. The molecule has 6 amide bonds. The van der Waals surface area contributed by atoms with Gasteiger partial charge in [-0.2, -0.15) is 0 Å². The Morgan fingerprint density at radius 1 is 1.00 bits per heavy atom. The number of nitrogens with zero attached hydrogens (tertiary/aromatic N) is 1. The summed E-state index contributed by atoms with van der Waals surface area (Å²) in [6.07, 6.45) is 3.11. The van der Waals surface area contributed by atoms with Crippen molar-refractivity contribution in [3.8, 4) is 0 Å². The number of nitrogens with two attached hydrogens (primary N) is 1. The number of primary amides is 1. The molecule has 0 aromatic heterocycles. The van der Waals surface area contributed by atoms with Gasteiger partial charge in [-0.3, -0.25) is 28.9 Å². The number of urea groups is 1. The van der Waals surface area contributed by atoms with Gasteiger partial charge in [-0.1, -0.05) is 41.0 Å². The maximum atomic E-state index is 13.0. The lowest BCUT2D eigenvalue weighted by Crippen LogP contribution is -2.54. The van der Waals surface area contributed by atoms with Gasteiger partial charge < -0.3 is 21.7 Å². The average molecular weight is 510 g/mol. The van der Waals surface area contributed by atoms with E-state index in [0.717, 1.165) is 0 Å². The van der Waals surface area contributed by atoms with E-state index in [4.69, 9.17) is 5.73 Å². The number of hydrogen-bond donors (Lipinski definition) is 4. The Bertz CT molecular complexity index is 813. The van der Waals surface area contributed by atoms with Crippen LogP contribution in [0.4, 0.5) is 4.79 Å². The predicted molar refractivity (Wildman–Crippen MR) is 134 cm³/mol. The number of ketones is 1. The molecule has 3 atom stereocenters. The number of unbranched alkanes of at least 4 members (excludes halogenated alkanes) is 2. The molecule has 36 heavy (non-hydrogen) atoms. The molecule has 204 valence electrons. The minimum absolute atomic E-state index is 0.124. The zero-order valence-electron chi connectivity index (χ0n) is 22.2. The van der Waals surface area contributed by atoms with E-state index in [9.17, 15) is 28.8 Å². The Labute approximate surface area is 213 Å². The van der Waals surface area contributed by atoms with Gasteiger partial charge >= 0.3 is 6.03 Å². The summed E-state index contributed by atoms with van der Waals surface area (Å²) in [6, 6.07) is -2.19. The monoisotopic (exact) mass is 509 g/mol. The molecule has 0 aliphatic carbocycles. The molecule has 0 spiro atoms. The number of rotatable bonds is 16. The number of Topliss-reactive ketones (excluding diaryl/α,β-unsaturated/α-hetero) is 1. The first-order chi connectivity index (χ1) is 16.8. The molecule has 1 heterocycles. The molecule has 1 saturated heterocycles. The highest BCUT2D eigenvalue weighted by Gasteiger charge is 2.35. The summed E-state index contributed by atoms with van der Waals surface area (Å²) < 4.78 is 0. The van der Waals surface area contributed by atoms with Crippen LogP contribution >= 0.6 is 0 Å². The molecule has 1 fully saturated rings. The van der Waals surface area contributed by atoms with Gasteiger partial charge in [0.15, 0.2) is 5.78 Å². The number of imide groups is 1. The molecule has 3 unspecified atom stereocenters. The van der Waals surface area contributed by atoms with Crippen LogP contribution in [0.2, 0.25) is 0 Å². The first kappa shape index (κ1) is 31.1. The molecule has 5 N–H and O–H groups in total. The molecule has 1 aliphatic heterocycles. The van der Waals surface area contributed by atoms with Crippen LogP contribution < -0.4 is 21.7 Å². The van der Waals surface area contributed by atoms with E-state index in [-0.39, 0.29) is 60.6 Å². The van der Waals surface area contributed by atoms with Crippen LogP contribution in [0.25, 0.3) is 0 Å². The molecule has 0 aromatic carbocycles. The van der Waals surface area contributed by atoms with Crippen molar-refractivity contribution >= 4 is 35.4 Å². The third-order valence-electron chi connectivity index (χ3n) is 6.22. The van der Waals surface area contributed by atoms with E-state index in [2.05, 4.69) is 16.0 Å². The number of amides is 6. The van der Waals surface area contributed by atoms with E-state index in [1.165, 1.54) is 4.90 Å². The van der Waals surface area contributed by atoms with Gasteiger partial charge in [0.05, 0.1) is 6.04 Å². The molecule has 11 nitrogen and oxygen atoms in total. The van der Waals surface area contributed by atoms with Crippen molar-refractivity contribution < 1.29 is 28.8 Å². The zero-order chi connectivity index (χ0) is 27.4. The standard InChI is InChI=1S/C25H43N5O6/c1-15(2)21(23(34)28-18(22(33)16(3)4)10-9-12-27-25(26)36)29-19(31)11-7-6-8-13-30-20(32)14-17(5)24(30)35/h15-18,21H,6-14H2,1-5H3,(H,28,34)(H,29,31)(H3,26,27,36). The lowest BCUT2D eigenvalue weighted by atomic mass is 9.96. The number of carbonyl (C=O) groups is 6. The van der Waals surface area contributed by atoms with Gasteiger partial charge in [-0.15, -0.1) is 0 Å². The maximum absolute atomic E-state index is 13.0. The van der Waals surface area contributed by atoms with Crippen molar-refractivity contribution in [2.75, 3.05) is 13.1 Å². The third kappa shape index (κ3) is 10.3. The largest absolute Gasteiger partial charge is 0.352 e. The summed E-state index contributed by atoms with van der Waals surface area (Å²) in [7, 11) is 0. The minimum Gasteiger partial charge on any atom is -0.352 e. The highest BCUT2D eigenvalue weighted by molar-refractivity contribution is 6.03. The zero-order valence-corrected chi connectivity index (χ0v) is 22.2. The van der Waals surface area contributed by atoms with Crippen LogP contribution in [-0.2, 0) is 24.0 Å². The highest BCUT2D eigenvalue weighted by atomic mass is 16.2. The van der Waals surface area contributed by atoms with Crippen LogP contribution in [0.1, 0.15) is 79.6 Å². The van der Waals surface area contributed by atoms with E-state index >= 15 is 0 Å². The molecular weight excluding hydrogens is 466 g/mol. The summed E-state index contributed by atoms with van der Waals surface area (Å²) >= 11 is 0. The van der Waals surface area contributed by atoms with E-state index in [1.807, 2.05) is 13.8 Å². The van der Waals surface area contributed by atoms with Gasteiger partial charge in [0.1, 0.15) is 6.04 Å². The summed E-state index contributed by atoms with van der Waals surface area (Å²) in [5.41, 5.74) is 5.06. The summed E-state index contributed by atoms with van der Waals surface area (Å²) in [5.74, 6) is -1.86. The highest BCUT2D eigenvalue weighted by Crippen LogP contribution is 2.19. The van der Waals surface area contributed by atoms with E-state index < -0.39 is 24.0 Å². The molecule has 0 aromatic rings. The molecule has 11 heteroatoms. The lowest BCUT2D eigenvalue weighted by Gasteiger charge is -2.26. The summed E-state index contributed by atoms with van der Waals surface area (Å²) in [5, 5.41) is 8.01. The van der Waals surface area contributed by atoms with Gasteiger partial charge in [0.25, 0.3) is 0 Å². The van der Waals surface area contributed by atoms with Gasteiger partial charge in [0, 0.05) is 37.8 Å². The second kappa shape index (κ2) is 15.2. The second-order valence-corrected chi connectivity index (χ2v) is 10.1. The molecule has 1 rings (SSSR count). The number of likely N-dealkylation sites (tertiary alicyclic amines) is 1. The van der Waals surface area contributed by atoms with Gasteiger partial charge in [-0.25, -0.2) is 4.79 Å². The molecule has 0 bridgehead atoms. The predicted octanol–water partition coefficient (Wildman–Crippen LogP) is 1.24. The van der Waals surface area contributed by atoms with Crippen molar-refractivity contribution in [2.24, 2.45) is 23.5 Å².